The summed E-state index contributed by atoms with van der Waals surface area (Å²) in [5.41, 5.74) is 0.138. The summed E-state index contributed by atoms with van der Waals surface area (Å²) in [6.45, 7) is 0. The lowest BCUT2D eigenvalue weighted by molar-refractivity contribution is -0.384. The summed E-state index contributed by atoms with van der Waals surface area (Å²) in [6, 6.07) is 6.27. The normalized spacial score (nSPS) is 10.1. The number of aromatic nitrogens is 1. The van der Waals surface area contributed by atoms with E-state index >= 15 is 0 Å². The van der Waals surface area contributed by atoms with Crippen LogP contribution >= 0.6 is 0 Å². The van der Waals surface area contributed by atoms with E-state index in [4.69, 9.17) is 0 Å². The van der Waals surface area contributed by atoms with Crippen LogP contribution in [0.1, 0.15) is 5.56 Å². The van der Waals surface area contributed by atoms with Crippen LogP contribution in [0.4, 0.5) is 15.8 Å². The number of amides is 1. The fourth-order valence-electron chi connectivity index (χ4n) is 1.65. The van der Waals surface area contributed by atoms with Crippen LogP contribution in [0.25, 0.3) is 0 Å². The molecule has 1 aromatic carbocycles. The van der Waals surface area contributed by atoms with Crippen LogP contribution in [0.3, 0.4) is 0 Å². The molecule has 0 aliphatic carbocycles. The molecule has 1 aromatic heterocycles. The Morgan fingerprint density at radius 3 is 2.85 bits per heavy atom. The van der Waals surface area contributed by atoms with Gasteiger partial charge >= 0.3 is 0 Å². The summed E-state index contributed by atoms with van der Waals surface area (Å²) in [6.07, 6.45) is 3.08. The largest absolute Gasteiger partial charge is 0.320 e. The van der Waals surface area contributed by atoms with E-state index in [9.17, 15) is 19.3 Å². The molecular formula is C13H10FN3O3. The molecule has 0 fully saturated rings. The molecule has 7 heteroatoms. The zero-order valence-corrected chi connectivity index (χ0v) is 10.2. The number of nitro benzene ring substituents is 1. The second-order valence-corrected chi connectivity index (χ2v) is 4.00. The lowest BCUT2D eigenvalue weighted by Gasteiger charge is -2.06. The highest BCUT2D eigenvalue weighted by atomic mass is 19.1. The van der Waals surface area contributed by atoms with E-state index < -0.39 is 16.6 Å². The van der Waals surface area contributed by atoms with E-state index in [0.29, 0.717) is 5.56 Å². The number of anilines is 1. The second-order valence-electron chi connectivity index (χ2n) is 4.00. The van der Waals surface area contributed by atoms with Crippen LogP contribution < -0.4 is 5.32 Å². The standard InChI is InChI=1S/C13H10FN3O3/c14-10-3-4-12(17(19)20)11(7-10)16-13(18)6-9-2-1-5-15-8-9/h1-5,7-8H,6H2,(H,16,18). The van der Waals surface area contributed by atoms with Crippen molar-refractivity contribution in [1.82, 2.24) is 4.98 Å². The summed E-state index contributed by atoms with van der Waals surface area (Å²) in [4.78, 5) is 25.8. The van der Waals surface area contributed by atoms with Gasteiger partial charge in [0.2, 0.25) is 5.91 Å². The molecule has 1 heterocycles. The number of hydrogen-bond donors (Lipinski definition) is 1. The van der Waals surface area contributed by atoms with Gasteiger partial charge in [-0.25, -0.2) is 4.39 Å². The highest BCUT2D eigenvalue weighted by molar-refractivity contribution is 5.94. The fraction of sp³-hybridized carbons (Fsp3) is 0.0769. The van der Waals surface area contributed by atoms with Gasteiger partial charge in [-0.3, -0.25) is 19.9 Å². The van der Waals surface area contributed by atoms with Gasteiger partial charge in [0.15, 0.2) is 0 Å². The Bertz CT molecular complexity index is 647. The zero-order valence-electron chi connectivity index (χ0n) is 10.2. The minimum atomic E-state index is -0.681. The summed E-state index contributed by atoms with van der Waals surface area (Å²) < 4.78 is 13.1. The topological polar surface area (TPSA) is 85.1 Å². The van der Waals surface area contributed by atoms with E-state index in [1.54, 1.807) is 18.3 Å². The summed E-state index contributed by atoms with van der Waals surface area (Å²) >= 11 is 0. The molecule has 0 saturated heterocycles. The first kappa shape index (κ1) is 13.6. The van der Waals surface area contributed by atoms with Crippen molar-refractivity contribution in [1.29, 1.82) is 0 Å². The van der Waals surface area contributed by atoms with Crippen molar-refractivity contribution in [2.24, 2.45) is 0 Å². The Morgan fingerprint density at radius 2 is 2.20 bits per heavy atom. The monoisotopic (exact) mass is 275 g/mol. The lowest BCUT2D eigenvalue weighted by Crippen LogP contribution is -2.15. The molecule has 0 radical (unpaired) electrons. The first-order valence-corrected chi connectivity index (χ1v) is 5.69. The molecule has 0 aliphatic rings. The third-order valence-electron chi connectivity index (χ3n) is 2.52. The van der Waals surface area contributed by atoms with Crippen molar-refractivity contribution < 1.29 is 14.1 Å². The maximum absolute atomic E-state index is 13.1. The average Bonchev–Trinajstić information content (AvgIpc) is 2.39. The number of nitro groups is 1. The van der Waals surface area contributed by atoms with Crippen LogP contribution in [0, 0.1) is 15.9 Å². The molecule has 0 atom stereocenters. The third-order valence-corrected chi connectivity index (χ3v) is 2.52. The quantitative estimate of drug-likeness (QED) is 0.685. The van der Waals surface area contributed by atoms with Gasteiger partial charge in [-0.1, -0.05) is 6.07 Å². The number of benzene rings is 1. The van der Waals surface area contributed by atoms with Gasteiger partial charge < -0.3 is 5.32 Å². The van der Waals surface area contributed by atoms with Crippen LogP contribution in [-0.2, 0) is 11.2 Å². The molecule has 1 amide bonds. The molecule has 20 heavy (non-hydrogen) atoms. The number of carbonyl (C=O) groups is 1. The maximum atomic E-state index is 13.1. The molecule has 6 nitrogen and oxygen atoms in total. The van der Waals surface area contributed by atoms with E-state index in [1.807, 2.05) is 0 Å². The van der Waals surface area contributed by atoms with Crippen LogP contribution in [-0.4, -0.2) is 15.8 Å². The molecule has 0 bridgehead atoms. The number of halogens is 1. The van der Waals surface area contributed by atoms with Gasteiger partial charge in [0, 0.05) is 24.5 Å². The molecule has 1 N–H and O–H groups in total. The molecule has 0 saturated carbocycles. The SMILES string of the molecule is O=C(Cc1cccnc1)Nc1cc(F)ccc1[N+](=O)[O-]. The predicted octanol–water partition coefficient (Wildman–Crippen LogP) is 2.31. The van der Waals surface area contributed by atoms with Crippen molar-refractivity contribution >= 4 is 17.3 Å². The van der Waals surface area contributed by atoms with E-state index in [1.165, 1.54) is 6.20 Å². The number of pyridine rings is 1. The average molecular weight is 275 g/mol. The second kappa shape index (κ2) is 5.87. The summed E-state index contributed by atoms with van der Waals surface area (Å²) in [5, 5.41) is 13.1. The molecule has 0 spiro atoms. The van der Waals surface area contributed by atoms with Crippen molar-refractivity contribution in [2.45, 2.75) is 6.42 Å². The smallest absolute Gasteiger partial charge is 0.292 e. The maximum Gasteiger partial charge on any atom is 0.292 e. The van der Waals surface area contributed by atoms with Crippen LogP contribution in [0.5, 0.6) is 0 Å². The van der Waals surface area contributed by atoms with Gasteiger partial charge in [-0.15, -0.1) is 0 Å². The Hall–Kier alpha value is -2.83. The number of nitrogens with one attached hydrogen (secondary N) is 1. The summed E-state index contributed by atoms with van der Waals surface area (Å²) in [5.74, 6) is -1.14. The lowest BCUT2D eigenvalue weighted by atomic mass is 10.2. The van der Waals surface area contributed by atoms with Gasteiger partial charge in [0.1, 0.15) is 11.5 Å². The van der Waals surface area contributed by atoms with Gasteiger partial charge in [0.25, 0.3) is 5.69 Å². The minimum absolute atomic E-state index is 0.00150. The molecule has 0 aliphatic heterocycles. The van der Waals surface area contributed by atoms with Crippen LogP contribution in [0.15, 0.2) is 42.7 Å². The Kier molecular flexibility index (Phi) is 3.99. The van der Waals surface area contributed by atoms with Crippen molar-refractivity contribution in [3.8, 4) is 0 Å². The molecular weight excluding hydrogens is 265 g/mol. The Morgan fingerprint density at radius 1 is 1.40 bits per heavy atom. The molecule has 2 aromatic rings. The van der Waals surface area contributed by atoms with Crippen LogP contribution in [0.2, 0.25) is 0 Å². The summed E-state index contributed by atoms with van der Waals surface area (Å²) in [7, 11) is 0. The minimum Gasteiger partial charge on any atom is -0.320 e. The van der Waals surface area contributed by atoms with Crippen molar-refractivity contribution in [3.63, 3.8) is 0 Å². The molecule has 0 unspecified atom stereocenters. The Balaban J connectivity index is 2.15. The number of nitrogens with zero attached hydrogens (tertiary/aromatic N) is 2. The van der Waals surface area contributed by atoms with Crippen molar-refractivity contribution in [3.05, 3.63) is 64.2 Å². The zero-order chi connectivity index (χ0) is 14.5. The first-order valence-electron chi connectivity index (χ1n) is 5.69. The van der Waals surface area contributed by atoms with E-state index in [-0.39, 0.29) is 17.8 Å². The number of hydrogen-bond acceptors (Lipinski definition) is 4. The predicted molar refractivity (Wildman–Crippen MR) is 69.6 cm³/mol. The molecule has 102 valence electrons. The third kappa shape index (κ3) is 3.35. The first-order chi connectivity index (χ1) is 9.56. The Labute approximate surface area is 113 Å². The fourth-order valence-corrected chi connectivity index (χ4v) is 1.65. The van der Waals surface area contributed by atoms with Gasteiger partial charge in [-0.05, 0) is 17.7 Å². The number of rotatable bonds is 4. The van der Waals surface area contributed by atoms with Gasteiger partial charge in [-0.2, -0.15) is 0 Å². The van der Waals surface area contributed by atoms with E-state index in [2.05, 4.69) is 10.3 Å². The van der Waals surface area contributed by atoms with E-state index in [0.717, 1.165) is 18.2 Å². The number of carbonyl (C=O) groups excluding carboxylic acids is 1. The highest BCUT2D eigenvalue weighted by Gasteiger charge is 2.16. The molecule has 2 rings (SSSR count). The highest BCUT2D eigenvalue weighted by Crippen LogP contribution is 2.25. The van der Waals surface area contributed by atoms with Gasteiger partial charge in [0.05, 0.1) is 11.3 Å². The van der Waals surface area contributed by atoms with Crippen molar-refractivity contribution in [2.75, 3.05) is 5.32 Å².